The van der Waals surface area contributed by atoms with Crippen LogP contribution in [0.4, 0.5) is 8.78 Å². The lowest BCUT2D eigenvalue weighted by Crippen LogP contribution is -2.12. The Labute approximate surface area is 92.2 Å². The summed E-state index contributed by atoms with van der Waals surface area (Å²) in [6.45, 7) is 0. The highest BCUT2D eigenvalue weighted by molar-refractivity contribution is 8.13. The molecule has 1 aromatic heterocycles. The van der Waals surface area contributed by atoms with Gasteiger partial charge in [-0.1, -0.05) is 11.6 Å². The summed E-state index contributed by atoms with van der Waals surface area (Å²) < 4.78 is 46.3. The molecule has 0 aromatic carbocycles. The average Bonchev–Trinajstić information content (AvgIpc) is 2.06. The van der Waals surface area contributed by atoms with E-state index in [1.807, 2.05) is 0 Å². The molecule has 1 N–H and O–H groups in total. The zero-order valence-corrected chi connectivity index (χ0v) is 9.13. The molecule has 15 heavy (non-hydrogen) atoms. The Hall–Kier alpha value is -0.660. The van der Waals surface area contributed by atoms with Crippen molar-refractivity contribution in [2.45, 2.75) is 11.3 Å². The molecule has 0 aliphatic heterocycles. The van der Waals surface area contributed by atoms with E-state index in [2.05, 4.69) is 0 Å². The third kappa shape index (κ3) is 2.67. The lowest BCUT2D eigenvalue weighted by Gasteiger charge is -2.05. The Morgan fingerprint density at radius 1 is 1.40 bits per heavy atom. The lowest BCUT2D eigenvalue weighted by molar-refractivity contribution is 0.145. The van der Waals surface area contributed by atoms with E-state index in [-0.39, 0.29) is 0 Å². The van der Waals surface area contributed by atoms with E-state index in [1.165, 1.54) is 0 Å². The van der Waals surface area contributed by atoms with Gasteiger partial charge in [-0.15, -0.1) is 0 Å². The van der Waals surface area contributed by atoms with E-state index >= 15 is 0 Å². The molecule has 0 radical (unpaired) electrons. The van der Waals surface area contributed by atoms with Gasteiger partial charge in [-0.3, -0.25) is 4.79 Å². The highest BCUT2D eigenvalue weighted by Gasteiger charge is 2.23. The van der Waals surface area contributed by atoms with Crippen molar-refractivity contribution >= 4 is 31.3 Å². The van der Waals surface area contributed by atoms with Crippen molar-refractivity contribution in [2.75, 3.05) is 0 Å². The molecule has 0 amide bonds. The number of aromatic amines is 1. The molecule has 0 aliphatic rings. The lowest BCUT2D eigenvalue weighted by atomic mass is 10.3. The van der Waals surface area contributed by atoms with Gasteiger partial charge in [0, 0.05) is 16.7 Å². The third-order valence-corrected chi connectivity index (χ3v) is 3.32. The van der Waals surface area contributed by atoms with Crippen molar-refractivity contribution in [1.82, 2.24) is 4.98 Å². The van der Waals surface area contributed by atoms with Gasteiger partial charge in [0.25, 0.3) is 15.5 Å². The Morgan fingerprint density at radius 3 is 2.33 bits per heavy atom. The Balaban J connectivity index is 3.64. The topological polar surface area (TPSA) is 67.0 Å². The van der Waals surface area contributed by atoms with Gasteiger partial charge in [-0.05, 0) is 0 Å². The number of aromatic nitrogens is 1. The second kappa shape index (κ2) is 4.07. The number of rotatable bonds is 2. The van der Waals surface area contributed by atoms with Crippen LogP contribution >= 0.6 is 22.3 Å². The Bertz CT molecular complexity index is 540. The first-order valence-electron chi connectivity index (χ1n) is 3.39. The zero-order chi connectivity index (χ0) is 11.8. The highest BCUT2D eigenvalue weighted by atomic mass is 35.7. The van der Waals surface area contributed by atoms with Crippen molar-refractivity contribution < 1.29 is 17.2 Å². The van der Waals surface area contributed by atoms with Crippen molar-refractivity contribution in [1.29, 1.82) is 0 Å². The van der Waals surface area contributed by atoms with Gasteiger partial charge in [-0.25, -0.2) is 17.2 Å². The van der Waals surface area contributed by atoms with Crippen LogP contribution in [0.25, 0.3) is 0 Å². The summed E-state index contributed by atoms with van der Waals surface area (Å²) in [5.74, 6) is 0. The molecule has 0 saturated carbocycles. The standard InChI is InChI=1S/C6H3Cl2F2NO3S/c7-4-2(15(8,13)14)1-3(12)11-5(4)6(9)10/h1,6H,(H,11,12). The molecular formula is C6H3Cl2F2NO3S. The first kappa shape index (κ1) is 12.4. The normalized spacial score (nSPS) is 12.1. The van der Waals surface area contributed by atoms with Gasteiger partial charge < -0.3 is 4.98 Å². The van der Waals surface area contributed by atoms with Crippen LogP contribution in [0.15, 0.2) is 15.8 Å². The fourth-order valence-corrected chi connectivity index (χ4v) is 2.41. The van der Waals surface area contributed by atoms with E-state index < -0.39 is 36.6 Å². The van der Waals surface area contributed by atoms with Crippen LogP contribution in [0.1, 0.15) is 12.1 Å². The predicted octanol–water partition coefficient (Wildman–Crippen LogP) is 1.89. The van der Waals surface area contributed by atoms with E-state index in [4.69, 9.17) is 22.3 Å². The number of hydrogen-bond donors (Lipinski definition) is 1. The highest BCUT2D eigenvalue weighted by Crippen LogP contribution is 2.30. The maximum absolute atomic E-state index is 12.3. The second-order valence-electron chi connectivity index (χ2n) is 2.46. The van der Waals surface area contributed by atoms with Gasteiger partial charge in [0.15, 0.2) is 0 Å². The molecule has 1 rings (SSSR count). The molecule has 0 unspecified atom stereocenters. The van der Waals surface area contributed by atoms with Crippen LogP contribution in [-0.2, 0) is 9.05 Å². The molecule has 4 nitrogen and oxygen atoms in total. The van der Waals surface area contributed by atoms with Gasteiger partial charge in [-0.2, -0.15) is 0 Å². The Morgan fingerprint density at radius 2 is 1.93 bits per heavy atom. The van der Waals surface area contributed by atoms with Gasteiger partial charge in [0.2, 0.25) is 5.56 Å². The maximum atomic E-state index is 12.3. The number of alkyl halides is 2. The van der Waals surface area contributed by atoms with E-state index in [1.54, 1.807) is 4.98 Å². The molecular weight excluding hydrogens is 275 g/mol. The second-order valence-corrected chi connectivity index (χ2v) is 5.38. The zero-order valence-electron chi connectivity index (χ0n) is 6.80. The van der Waals surface area contributed by atoms with Crippen molar-refractivity contribution in [2.24, 2.45) is 0 Å². The minimum absolute atomic E-state index is 0.538. The smallest absolute Gasteiger partial charge is 0.279 e. The summed E-state index contributed by atoms with van der Waals surface area (Å²) in [4.78, 5) is 11.7. The summed E-state index contributed by atoms with van der Waals surface area (Å²) in [7, 11) is 0.577. The number of pyridine rings is 1. The molecule has 0 bridgehead atoms. The molecule has 1 aromatic rings. The summed E-state index contributed by atoms with van der Waals surface area (Å²) in [5.41, 5.74) is -1.99. The van der Waals surface area contributed by atoms with Crippen LogP contribution in [0.2, 0.25) is 5.02 Å². The number of halogens is 4. The predicted molar refractivity (Wildman–Crippen MR) is 50.1 cm³/mol. The minimum atomic E-state index is -4.33. The maximum Gasteiger partial charge on any atom is 0.279 e. The summed E-state index contributed by atoms with van der Waals surface area (Å²) >= 11 is 5.35. The first-order chi connectivity index (χ1) is 6.73. The SMILES string of the molecule is O=c1cc(S(=O)(=O)Cl)c(Cl)c(C(F)F)[nH]1. The fraction of sp³-hybridized carbons (Fsp3) is 0.167. The van der Waals surface area contributed by atoms with Crippen molar-refractivity contribution in [3.05, 3.63) is 27.1 Å². The van der Waals surface area contributed by atoms with Gasteiger partial charge >= 0.3 is 0 Å². The monoisotopic (exact) mass is 277 g/mol. The summed E-state index contributed by atoms with van der Waals surface area (Å²) in [6.07, 6.45) is -3.09. The summed E-state index contributed by atoms with van der Waals surface area (Å²) in [5, 5.41) is -0.778. The van der Waals surface area contributed by atoms with Crippen LogP contribution in [0.3, 0.4) is 0 Å². The number of H-pyrrole nitrogens is 1. The molecule has 84 valence electrons. The van der Waals surface area contributed by atoms with E-state index in [9.17, 15) is 22.0 Å². The third-order valence-electron chi connectivity index (χ3n) is 1.45. The largest absolute Gasteiger partial charge is 0.320 e. The average molecular weight is 278 g/mol. The van der Waals surface area contributed by atoms with Gasteiger partial charge in [0.1, 0.15) is 10.6 Å². The fourth-order valence-electron chi connectivity index (χ4n) is 0.867. The van der Waals surface area contributed by atoms with Crippen LogP contribution in [-0.4, -0.2) is 13.4 Å². The number of nitrogens with one attached hydrogen (secondary N) is 1. The minimum Gasteiger partial charge on any atom is -0.320 e. The quantitative estimate of drug-likeness (QED) is 0.840. The molecule has 0 aliphatic carbocycles. The van der Waals surface area contributed by atoms with Crippen molar-refractivity contribution in [3.8, 4) is 0 Å². The van der Waals surface area contributed by atoms with Crippen LogP contribution in [0, 0.1) is 0 Å². The van der Waals surface area contributed by atoms with E-state index in [0.717, 1.165) is 0 Å². The molecule has 9 heteroatoms. The molecule has 0 spiro atoms. The van der Waals surface area contributed by atoms with Gasteiger partial charge in [0.05, 0.1) is 5.02 Å². The molecule has 0 fully saturated rings. The summed E-state index contributed by atoms with van der Waals surface area (Å²) in [6, 6.07) is 0.538. The van der Waals surface area contributed by atoms with E-state index in [0.29, 0.717) is 6.07 Å². The molecule has 0 saturated heterocycles. The molecule has 1 heterocycles. The van der Waals surface area contributed by atoms with Crippen molar-refractivity contribution in [3.63, 3.8) is 0 Å². The van der Waals surface area contributed by atoms with Crippen LogP contribution in [0.5, 0.6) is 0 Å². The molecule has 0 atom stereocenters. The first-order valence-corrected chi connectivity index (χ1v) is 6.07. The Kier molecular flexibility index (Phi) is 3.37. The number of hydrogen-bond acceptors (Lipinski definition) is 3. The van der Waals surface area contributed by atoms with Crippen LogP contribution < -0.4 is 5.56 Å².